The van der Waals surface area contributed by atoms with Gasteiger partial charge in [-0.15, -0.1) is 0 Å². The molecule has 1 aromatic rings. The third-order valence-electron chi connectivity index (χ3n) is 3.65. The molecule has 0 radical (unpaired) electrons. The molecule has 0 saturated carbocycles. The molecule has 1 saturated heterocycles. The molecular formula is C16H19N3OS. The normalized spacial score (nSPS) is 19.1. The van der Waals surface area contributed by atoms with Crippen molar-refractivity contribution in [3.63, 3.8) is 0 Å². The second-order valence-electron chi connectivity index (χ2n) is 5.07. The summed E-state index contributed by atoms with van der Waals surface area (Å²) in [7, 11) is 0. The Bertz CT molecular complexity index is 548. The Kier molecular flexibility index (Phi) is 4.60. The van der Waals surface area contributed by atoms with Crippen molar-refractivity contribution in [2.45, 2.75) is 0 Å². The first-order valence-electron chi connectivity index (χ1n) is 7.27. The standard InChI is InChI=1S/C16H19N3OS/c20-15(7-6-14-4-2-1-3-5-14)18-9-11-19(12-10-18)16-17-8-13-21-16/h1-7H,8-13H2/b7-6+. The quantitative estimate of drug-likeness (QED) is 0.783. The van der Waals surface area contributed by atoms with Gasteiger partial charge < -0.3 is 9.80 Å². The van der Waals surface area contributed by atoms with Gasteiger partial charge in [0.25, 0.3) is 0 Å². The van der Waals surface area contributed by atoms with Crippen LogP contribution < -0.4 is 0 Å². The molecule has 0 aliphatic carbocycles. The third-order valence-corrected chi connectivity index (χ3v) is 4.68. The number of nitrogens with zero attached hydrogens (tertiary/aromatic N) is 3. The maximum Gasteiger partial charge on any atom is 0.246 e. The monoisotopic (exact) mass is 301 g/mol. The maximum atomic E-state index is 12.2. The van der Waals surface area contributed by atoms with Crippen LogP contribution in [0.25, 0.3) is 6.08 Å². The van der Waals surface area contributed by atoms with Gasteiger partial charge in [0.2, 0.25) is 5.91 Å². The second kappa shape index (κ2) is 6.80. The van der Waals surface area contributed by atoms with Crippen molar-refractivity contribution < 1.29 is 4.79 Å². The number of thioether (sulfide) groups is 1. The molecule has 21 heavy (non-hydrogen) atoms. The van der Waals surface area contributed by atoms with Crippen LogP contribution in [0.15, 0.2) is 41.4 Å². The highest BCUT2D eigenvalue weighted by atomic mass is 32.2. The molecule has 1 aromatic carbocycles. The number of piperazine rings is 1. The summed E-state index contributed by atoms with van der Waals surface area (Å²) in [6, 6.07) is 9.92. The molecule has 2 aliphatic heterocycles. The van der Waals surface area contributed by atoms with Crippen LogP contribution in [-0.2, 0) is 4.79 Å². The molecule has 0 spiro atoms. The second-order valence-corrected chi connectivity index (χ2v) is 6.13. The number of hydrogen-bond acceptors (Lipinski definition) is 4. The van der Waals surface area contributed by atoms with E-state index in [1.165, 1.54) is 0 Å². The molecular weight excluding hydrogens is 282 g/mol. The Hall–Kier alpha value is -1.75. The molecule has 4 nitrogen and oxygen atoms in total. The van der Waals surface area contributed by atoms with E-state index < -0.39 is 0 Å². The van der Waals surface area contributed by atoms with Gasteiger partial charge in [-0.05, 0) is 11.6 Å². The predicted molar refractivity (Wildman–Crippen MR) is 88.4 cm³/mol. The van der Waals surface area contributed by atoms with Gasteiger partial charge in [0, 0.05) is 38.0 Å². The lowest BCUT2D eigenvalue weighted by atomic mass is 10.2. The third kappa shape index (κ3) is 3.67. The lowest BCUT2D eigenvalue weighted by molar-refractivity contribution is -0.127. The van der Waals surface area contributed by atoms with Crippen LogP contribution in [0.3, 0.4) is 0 Å². The summed E-state index contributed by atoms with van der Waals surface area (Å²) < 4.78 is 0. The lowest BCUT2D eigenvalue weighted by Crippen LogP contribution is -2.49. The first-order valence-corrected chi connectivity index (χ1v) is 8.26. The van der Waals surface area contributed by atoms with Gasteiger partial charge in [-0.3, -0.25) is 9.79 Å². The fourth-order valence-electron chi connectivity index (χ4n) is 2.47. The minimum absolute atomic E-state index is 0.0968. The predicted octanol–water partition coefficient (Wildman–Crippen LogP) is 1.95. The van der Waals surface area contributed by atoms with E-state index in [0.717, 1.165) is 49.2 Å². The van der Waals surface area contributed by atoms with Crippen molar-refractivity contribution in [3.05, 3.63) is 42.0 Å². The van der Waals surface area contributed by atoms with Crippen LogP contribution in [-0.4, -0.2) is 59.4 Å². The number of carbonyl (C=O) groups is 1. The highest BCUT2D eigenvalue weighted by Crippen LogP contribution is 2.17. The largest absolute Gasteiger partial charge is 0.348 e. The fraction of sp³-hybridized carbons (Fsp3) is 0.375. The van der Waals surface area contributed by atoms with E-state index in [0.29, 0.717) is 0 Å². The Morgan fingerprint density at radius 2 is 1.90 bits per heavy atom. The van der Waals surface area contributed by atoms with E-state index in [9.17, 15) is 4.79 Å². The van der Waals surface area contributed by atoms with Crippen LogP contribution in [0.5, 0.6) is 0 Å². The first-order chi connectivity index (χ1) is 10.3. The number of hydrogen-bond donors (Lipinski definition) is 0. The summed E-state index contributed by atoms with van der Waals surface area (Å²) >= 11 is 1.82. The number of amidine groups is 1. The molecule has 3 rings (SSSR count). The molecule has 0 N–H and O–H groups in total. The summed E-state index contributed by atoms with van der Waals surface area (Å²) in [5.74, 6) is 1.19. The van der Waals surface area contributed by atoms with E-state index in [1.54, 1.807) is 6.08 Å². The first kappa shape index (κ1) is 14.2. The van der Waals surface area contributed by atoms with Crippen molar-refractivity contribution in [2.75, 3.05) is 38.5 Å². The number of rotatable bonds is 2. The lowest BCUT2D eigenvalue weighted by Gasteiger charge is -2.35. The van der Waals surface area contributed by atoms with Gasteiger partial charge in [0.1, 0.15) is 0 Å². The van der Waals surface area contributed by atoms with Crippen LogP contribution >= 0.6 is 11.8 Å². The van der Waals surface area contributed by atoms with Crippen molar-refractivity contribution in [2.24, 2.45) is 4.99 Å². The van der Waals surface area contributed by atoms with Gasteiger partial charge in [-0.25, -0.2) is 0 Å². The van der Waals surface area contributed by atoms with Crippen LogP contribution in [0.1, 0.15) is 5.56 Å². The summed E-state index contributed by atoms with van der Waals surface area (Å²) in [5, 5.41) is 1.15. The van der Waals surface area contributed by atoms with Crippen LogP contribution in [0.2, 0.25) is 0 Å². The SMILES string of the molecule is O=C(/C=C/c1ccccc1)N1CCN(C2=NCCS2)CC1. The molecule has 1 amide bonds. The van der Waals surface area contributed by atoms with Gasteiger partial charge in [0.15, 0.2) is 5.17 Å². The maximum absolute atomic E-state index is 12.2. The molecule has 2 aliphatic rings. The highest BCUT2D eigenvalue weighted by molar-refractivity contribution is 8.14. The fourth-order valence-corrected chi connectivity index (χ4v) is 3.38. The van der Waals surface area contributed by atoms with Crippen molar-refractivity contribution in [1.82, 2.24) is 9.80 Å². The number of amides is 1. The molecule has 110 valence electrons. The zero-order chi connectivity index (χ0) is 14.5. The molecule has 0 atom stereocenters. The minimum Gasteiger partial charge on any atom is -0.348 e. The van der Waals surface area contributed by atoms with Crippen molar-refractivity contribution in [3.8, 4) is 0 Å². The Labute approximate surface area is 129 Å². The minimum atomic E-state index is 0.0968. The molecule has 5 heteroatoms. The van der Waals surface area contributed by atoms with E-state index >= 15 is 0 Å². The molecule has 2 heterocycles. The average Bonchev–Trinajstić information content (AvgIpc) is 3.08. The van der Waals surface area contributed by atoms with Crippen molar-refractivity contribution in [1.29, 1.82) is 0 Å². The Balaban J connectivity index is 1.52. The summed E-state index contributed by atoms with van der Waals surface area (Å²) in [6.45, 7) is 4.25. The Morgan fingerprint density at radius 1 is 1.14 bits per heavy atom. The highest BCUT2D eigenvalue weighted by Gasteiger charge is 2.23. The van der Waals surface area contributed by atoms with E-state index in [4.69, 9.17) is 0 Å². The van der Waals surface area contributed by atoms with Crippen LogP contribution in [0, 0.1) is 0 Å². The van der Waals surface area contributed by atoms with Gasteiger partial charge >= 0.3 is 0 Å². The summed E-state index contributed by atoms with van der Waals surface area (Å²) in [5.41, 5.74) is 1.06. The number of carbonyl (C=O) groups excluding carboxylic acids is 1. The molecule has 0 unspecified atom stereocenters. The number of benzene rings is 1. The topological polar surface area (TPSA) is 35.9 Å². The van der Waals surface area contributed by atoms with E-state index in [1.807, 2.05) is 53.1 Å². The smallest absolute Gasteiger partial charge is 0.246 e. The van der Waals surface area contributed by atoms with Gasteiger partial charge in [-0.2, -0.15) is 0 Å². The molecule has 0 bridgehead atoms. The average molecular weight is 301 g/mol. The summed E-state index contributed by atoms with van der Waals surface area (Å²) in [4.78, 5) is 20.9. The summed E-state index contributed by atoms with van der Waals surface area (Å²) in [6.07, 6.45) is 3.55. The van der Waals surface area contributed by atoms with Crippen LogP contribution in [0.4, 0.5) is 0 Å². The van der Waals surface area contributed by atoms with Gasteiger partial charge in [-0.1, -0.05) is 42.1 Å². The van der Waals surface area contributed by atoms with Gasteiger partial charge in [0.05, 0.1) is 6.54 Å². The van der Waals surface area contributed by atoms with E-state index in [2.05, 4.69) is 9.89 Å². The zero-order valence-electron chi connectivity index (χ0n) is 11.9. The Morgan fingerprint density at radius 3 is 2.57 bits per heavy atom. The van der Waals surface area contributed by atoms with Crippen molar-refractivity contribution >= 4 is 28.9 Å². The molecule has 0 aromatic heterocycles. The number of aliphatic imine (C=N–C) groups is 1. The molecule has 1 fully saturated rings. The van der Waals surface area contributed by atoms with E-state index in [-0.39, 0.29) is 5.91 Å². The zero-order valence-corrected chi connectivity index (χ0v) is 12.8.